The number of halogens is 1. The maximum absolute atomic E-state index is 13.1. The summed E-state index contributed by atoms with van der Waals surface area (Å²) >= 11 is 3.40. The van der Waals surface area contributed by atoms with Crippen molar-refractivity contribution in [2.45, 2.75) is 27.2 Å². The van der Waals surface area contributed by atoms with Crippen molar-refractivity contribution in [1.82, 2.24) is 5.32 Å². The number of rotatable bonds is 5. The van der Waals surface area contributed by atoms with Gasteiger partial charge in [-0.25, -0.2) is 9.69 Å². The second kappa shape index (κ2) is 8.61. The fourth-order valence-corrected chi connectivity index (χ4v) is 3.36. The molecule has 0 saturated carbocycles. The van der Waals surface area contributed by atoms with Crippen molar-refractivity contribution in [3.63, 3.8) is 0 Å². The summed E-state index contributed by atoms with van der Waals surface area (Å²) < 4.78 is 6.51. The molecule has 6 nitrogen and oxygen atoms in total. The molecular weight excluding hydrogens is 436 g/mol. The molecule has 150 valence electrons. The zero-order valence-corrected chi connectivity index (χ0v) is 18.0. The summed E-state index contributed by atoms with van der Waals surface area (Å²) in [5, 5.41) is 2.26. The normalized spacial score (nSPS) is 15.7. The molecular formula is C22H21BrN2O4. The summed E-state index contributed by atoms with van der Waals surface area (Å²) in [6.45, 7) is 6.22. The number of urea groups is 1. The number of carbonyl (C=O) groups excluding carboxylic acids is 3. The first-order chi connectivity index (χ1) is 13.8. The Morgan fingerprint density at radius 2 is 1.90 bits per heavy atom. The van der Waals surface area contributed by atoms with Gasteiger partial charge in [-0.3, -0.25) is 14.9 Å². The van der Waals surface area contributed by atoms with Gasteiger partial charge in [-0.2, -0.15) is 0 Å². The molecule has 1 fully saturated rings. The number of ether oxygens (including phenoxy) is 1. The highest BCUT2D eigenvalue weighted by molar-refractivity contribution is 9.10. The third kappa shape index (κ3) is 4.24. The number of hydrogen-bond donors (Lipinski definition) is 1. The zero-order chi connectivity index (χ0) is 21.1. The average Bonchev–Trinajstić information content (AvgIpc) is 2.67. The van der Waals surface area contributed by atoms with Crippen molar-refractivity contribution in [3.8, 4) is 5.75 Å². The Kier molecular flexibility index (Phi) is 6.17. The molecule has 1 aliphatic rings. The summed E-state index contributed by atoms with van der Waals surface area (Å²) in [7, 11) is 0. The number of carbonyl (C=O) groups is 3. The van der Waals surface area contributed by atoms with Gasteiger partial charge in [-0.15, -0.1) is 0 Å². The minimum Gasteiger partial charge on any atom is -0.493 e. The van der Waals surface area contributed by atoms with Gasteiger partial charge in [0.1, 0.15) is 11.3 Å². The van der Waals surface area contributed by atoms with Crippen molar-refractivity contribution in [3.05, 3.63) is 63.1 Å². The van der Waals surface area contributed by atoms with Gasteiger partial charge in [-0.05, 0) is 61.7 Å². The molecule has 29 heavy (non-hydrogen) atoms. The lowest BCUT2D eigenvalue weighted by atomic mass is 10.0. The smallest absolute Gasteiger partial charge is 0.335 e. The number of benzene rings is 2. The Balaban J connectivity index is 2.07. The lowest BCUT2D eigenvalue weighted by Gasteiger charge is -2.28. The molecule has 0 radical (unpaired) electrons. The lowest BCUT2D eigenvalue weighted by molar-refractivity contribution is -0.122. The SMILES string of the molecule is CCCOc1ccc(Br)cc1/C=C1\C(=O)NC(=O)N(c2cccc(C)c2C)C1=O. The molecule has 0 aromatic heterocycles. The Morgan fingerprint density at radius 1 is 1.14 bits per heavy atom. The summed E-state index contributed by atoms with van der Waals surface area (Å²) in [4.78, 5) is 39.1. The predicted octanol–water partition coefficient (Wildman–Crippen LogP) is 4.52. The molecule has 0 spiro atoms. The average molecular weight is 457 g/mol. The van der Waals surface area contributed by atoms with Crippen LogP contribution in [-0.2, 0) is 9.59 Å². The Labute approximate surface area is 177 Å². The van der Waals surface area contributed by atoms with Crippen molar-refractivity contribution in [2.75, 3.05) is 11.5 Å². The molecule has 2 aromatic carbocycles. The number of nitrogens with zero attached hydrogens (tertiary/aromatic N) is 1. The molecule has 7 heteroatoms. The van der Waals surface area contributed by atoms with Crippen molar-refractivity contribution in [2.24, 2.45) is 0 Å². The van der Waals surface area contributed by atoms with E-state index in [2.05, 4.69) is 21.2 Å². The number of anilines is 1. The number of amides is 4. The zero-order valence-electron chi connectivity index (χ0n) is 16.4. The molecule has 0 bridgehead atoms. The Bertz CT molecular complexity index is 1030. The Morgan fingerprint density at radius 3 is 2.62 bits per heavy atom. The minimum atomic E-state index is -0.762. The second-order valence-corrected chi connectivity index (χ2v) is 7.62. The molecule has 0 atom stereocenters. The third-order valence-electron chi connectivity index (χ3n) is 4.65. The minimum absolute atomic E-state index is 0.134. The van der Waals surface area contributed by atoms with E-state index >= 15 is 0 Å². The van der Waals surface area contributed by atoms with Crippen LogP contribution in [0, 0.1) is 13.8 Å². The summed E-state index contributed by atoms with van der Waals surface area (Å²) in [5.74, 6) is -0.852. The lowest BCUT2D eigenvalue weighted by Crippen LogP contribution is -2.54. The van der Waals surface area contributed by atoms with E-state index < -0.39 is 17.8 Å². The third-order valence-corrected chi connectivity index (χ3v) is 5.15. The number of hydrogen-bond acceptors (Lipinski definition) is 4. The first-order valence-corrected chi connectivity index (χ1v) is 10.0. The molecule has 3 rings (SSSR count). The van der Waals surface area contributed by atoms with Crippen LogP contribution in [0.15, 0.2) is 46.4 Å². The van der Waals surface area contributed by atoms with E-state index in [1.807, 2.05) is 32.9 Å². The maximum atomic E-state index is 13.1. The van der Waals surface area contributed by atoms with Crippen LogP contribution in [0.4, 0.5) is 10.5 Å². The molecule has 2 aromatic rings. The van der Waals surface area contributed by atoms with Gasteiger partial charge in [0.25, 0.3) is 11.8 Å². The topological polar surface area (TPSA) is 75.7 Å². The molecule has 1 N–H and O–H groups in total. The van der Waals surface area contributed by atoms with Gasteiger partial charge < -0.3 is 4.74 Å². The fourth-order valence-electron chi connectivity index (χ4n) is 2.99. The van der Waals surface area contributed by atoms with Crippen LogP contribution in [0.1, 0.15) is 30.0 Å². The first kappa shape index (κ1) is 20.8. The van der Waals surface area contributed by atoms with Crippen molar-refractivity contribution >= 4 is 45.5 Å². The summed E-state index contributed by atoms with van der Waals surface area (Å²) in [5.41, 5.74) is 2.61. The van der Waals surface area contributed by atoms with Crippen LogP contribution < -0.4 is 15.0 Å². The van der Waals surface area contributed by atoms with Gasteiger partial charge in [0, 0.05) is 10.0 Å². The van der Waals surface area contributed by atoms with Crippen LogP contribution in [0.3, 0.4) is 0 Å². The molecule has 4 amide bonds. The predicted molar refractivity (Wildman–Crippen MR) is 115 cm³/mol. The van der Waals surface area contributed by atoms with Crippen molar-refractivity contribution in [1.29, 1.82) is 0 Å². The van der Waals surface area contributed by atoms with E-state index in [1.165, 1.54) is 6.08 Å². The number of barbiturate groups is 1. The van der Waals surface area contributed by atoms with Crippen LogP contribution in [0.25, 0.3) is 6.08 Å². The maximum Gasteiger partial charge on any atom is 0.335 e. The molecule has 1 heterocycles. The summed E-state index contributed by atoms with van der Waals surface area (Å²) in [6.07, 6.45) is 2.28. The largest absolute Gasteiger partial charge is 0.493 e. The molecule has 1 aliphatic heterocycles. The highest BCUT2D eigenvalue weighted by Crippen LogP contribution is 2.30. The quantitative estimate of drug-likeness (QED) is 0.529. The van der Waals surface area contributed by atoms with Crippen LogP contribution >= 0.6 is 15.9 Å². The number of aryl methyl sites for hydroxylation is 1. The highest BCUT2D eigenvalue weighted by atomic mass is 79.9. The van der Waals surface area contributed by atoms with Crippen LogP contribution in [-0.4, -0.2) is 24.5 Å². The van der Waals surface area contributed by atoms with Gasteiger partial charge in [-0.1, -0.05) is 35.0 Å². The van der Waals surface area contributed by atoms with Crippen LogP contribution in [0.2, 0.25) is 0 Å². The highest BCUT2D eigenvalue weighted by Gasteiger charge is 2.37. The number of nitrogens with one attached hydrogen (secondary N) is 1. The second-order valence-electron chi connectivity index (χ2n) is 6.71. The van der Waals surface area contributed by atoms with E-state index in [0.29, 0.717) is 23.6 Å². The van der Waals surface area contributed by atoms with Gasteiger partial charge >= 0.3 is 6.03 Å². The monoisotopic (exact) mass is 456 g/mol. The van der Waals surface area contributed by atoms with E-state index in [0.717, 1.165) is 26.9 Å². The van der Waals surface area contributed by atoms with Gasteiger partial charge in [0.2, 0.25) is 0 Å². The summed E-state index contributed by atoms with van der Waals surface area (Å²) in [6, 6.07) is 9.93. The molecule has 0 aliphatic carbocycles. The van der Waals surface area contributed by atoms with Crippen LogP contribution in [0.5, 0.6) is 5.75 Å². The van der Waals surface area contributed by atoms with Gasteiger partial charge in [0.15, 0.2) is 0 Å². The van der Waals surface area contributed by atoms with Gasteiger partial charge in [0.05, 0.1) is 12.3 Å². The standard InChI is InChI=1S/C22H21BrN2O4/c1-4-10-29-19-9-8-16(23)11-15(19)12-17-20(26)24-22(28)25(21(17)27)18-7-5-6-13(2)14(18)3/h5-9,11-12H,4,10H2,1-3H3,(H,24,26,28)/b17-12+. The number of imide groups is 2. The van der Waals surface area contributed by atoms with E-state index in [1.54, 1.807) is 24.3 Å². The molecule has 0 unspecified atom stereocenters. The van der Waals surface area contributed by atoms with E-state index in [9.17, 15) is 14.4 Å². The molecule has 1 saturated heterocycles. The van der Waals surface area contributed by atoms with Crippen molar-refractivity contribution < 1.29 is 19.1 Å². The van der Waals surface area contributed by atoms with E-state index in [4.69, 9.17) is 4.74 Å². The first-order valence-electron chi connectivity index (χ1n) is 9.23. The Hall–Kier alpha value is -2.93. The fraction of sp³-hybridized carbons (Fsp3) is 0.227. The van der Waals surface area contributed by atoms with E-state index in [-0.39, 0.29) is 5.57 Å².